The first-order valence-corrected chi connectivity index (χ1v) is 8.25. The molecule has 0 spiro atoms. The Morgan fingerprint density at radius 1 is 1.32 bits per heavy atom. The van der Waals surface area contributed by atoms with Crippen molar-refractivity contribution in [2.24, 2.45) is 16.2 Å². The smallest absolute Gasteiger partial charge is 0.230 e. The molecule has 3 nitrogen and oxygen atoms in total. The maximum atomic E-state index is 13.4. The number of aromatic nitrogens is 1. The third kappa shape index (κ3) is 2.17. The van der Waals surface area contributed by atoms with Crippen LogP contribution in [0.4, 0.5) is 0 Å². The summed E-state index contributed by atoms with van der Waals surface area (Å²) in [6.45, 7) is 14.1. The summed E-state index contributed by atoms with van der Waals surface area (Å²) >= 11 is 0. The molecule has 0 unspecified atom stereocenters. The molecule has 122 valence electrons. The molecule has 2 heterocycles. The fourth-order valence-electron chi connectivity index (χ4n) is 4.78. The van der Waals surface area contributed by atoms with Gasteiger partial charge in [-0.05, 0) is 28.9 Å². The van der Waals surface area contributed by atoms with Crippen molar-refractivity contribution in [3.05, 3.63) is 30.1 Å². The molecule has 0 aromatic carbocycles. The second-order valence-electron chi connectivity index (χ2n) is 8.32. The summed E-state index contributed by atoms with van der Waals surface area (Å²) in [5, 5.41) is 0. The minimum Gasteiger partial charge on any atom is -0.345 e. The van der Waals surface area contributed by atoms with Gasteiger partial charge in [0.25, 0.3) is 0 Å². The Morgan fingerprint density at radius 2 is 1.95 bits per heavy atom. The maximum Gasteiger partial charge on any atom is 0.230 e. The number of rotatable bonds is 3. The van der Waals surface area contributed by atoms with Crippen LogP contribution in [-0.4, -0.2) is 29.4 Å². The Hall–Kier alpha value is -1.38. The molecule has 1 aliphatic rings. The van der Waals surface area contributed by atoms with Gasteiger partial charge in [0.2, 0.25) is 5.91 Å². The Kier molecular flexibility index (Phi) is 4.14. The average molecular weight is 302 g/mol. The molecular weight excluding hydrogens is 272 g/mol. The van der Waals surface area contributed by atoms with Gasteiger partial charge in [-0.1, -0.05) is 47.6 Å². The summed E-state index contributed by atoms with van der Waals surface area (Å²) in [6, 6.07) is 4.10. The van der Waals surface area contributed by atoms with Gasteiger partial charge in [0.1, 0.15) is 0 Å². The van der Waals surface area contributed by atoms with E-state index < -0.39 is 5.41 Å². The molecular formula is C19H30N2O. The van der Waals surface area contributed by atoms with E-state index in [0.29, 0.717) is 0 Å². The van der Waals surface area contributed by atoms with Crippen LogP contribution in [0.2, 0.25) is 0 Å². The fraction of sp³-hybridized carbons (Fsp3) is 0.684. The van der Waals surface area contributed by atoms with E-state index >= 15 is 0 Å². The lowest BCUT2D eigenvalue weighted by Gasteiger charge is -2.54. The predicted octanol–water partition coefficient (Wildman–Crippen LogP) is 4.11. The number of carbonyl (C=O) groups excluding carboxylic acids is 1. The van der Waals surface area contributed by atoms with Crippen LogP contribution in [0.3, 0.4) is 0 Å². The molecule has 2 atom stereocenters. The van der Waals surface area contributed by atoms with Gasteiger partial charge in [0.15, 0.2) is 0 Å². The molecule has 2 rings (SSSR count). The van der Waals surface area contributed by atoms with E-state index in [1.807, 2.05) is 24.2 Å². The predicted molar refractivity (Wildman–Crippen MR) is 90.6 cm³/mol. The van der Waals surface area contributed by atoms with E-state index in [2.05, 4.69) is 52.6 Å². The van der Waals surface area contributed by atoms with Crippen LogP contribution >= 0.6 is 0 Å². The zero-order valence-corrected chi connectivity index (χ0v) is 15.1. The molecule has 1 aromatic heterocycles. The molecule has 0 saturated carbocycles. The van der Waals surface area contributed by atoms with Gasteiger partial charge in [0, 0.05) is 31.9 Å². The van der Waals surface area contributed by atoms with E-state index in [1.54, 1.807) is 6.20 Å². The van der Waals surface area contributed by atoms with Crippen molar-refractivity contribution >= 4 is 5.91 Å². The van der Waals surface area contributed by atoms with Crippen LogP contribution in [0, 0.1) is 16.2 Å². The summed E-state index contributed by atoms with van der Waals surface area (Å²) in [6.07, 6.45) is 4.71. The lowest BCUT2D eigenvalue weighted by molar-refractivity contribution is -0.153. The van der Waals surface area contributed by atoms with E-state index in [0.717, 1.165) is 13.0 Å². The third-order valence-corrected chi connectivity index (χ3v) is 5.88. The molecule has 3 heteroatoms. The van der Waals surface area contributed by atoms with Crippen LogP contribution in [0.5, 0.6) is 0 Å². The first kappa shape index (κ1) is 17.0. The van der Waals surface area contributed by atoms with Crippen molar-refractivity contribution in [1.29, 1.82) is 0 Å². The SMILES string of the molecule is CCC(C)(C)[C@]1(C(C)(C)C)C(=O)N(C)C[C@H]1c1cccnc1. The lowest BCUT2D eigenvalue weighted by Crippen LogP contribution is -2.55. The first-order chi connectivity index (χ1) is 10.1. The summed E-state index contributed by atoms with van der Waals surface area (Å²) < 4.78 is 0. The van der Waals surface area contributed by atoms with Crippen LogP contribution in [0.1, 0.15) is 59.4 Å². The van der Waals surface area contributed by atoms with Crippen molar-refractivity contribution in [1.82, 2.24) is 9.88 Å². The van der Waals surface area contributed by atoms with Gasteiger partial charge in [-0.2, -0.15) is 0 Å². The second-order valence-corrected chi connectivity index (χ2v) is 8.32. The Morgan fingerprint density at radius 3 is 2.41 bits per heavy atom. The minimum atomic E-state index is -0.424. The Bertz CT molecular complexity index is 544. The van der Waals surface area contributed by atoms with Gasteiger partial charge in [-0.25, -0.2) is 0 Å². The molecule has 1 aromatic rings. The molecule has 22 heavy (non-hydrogen) atoms. The monoisotopic (exact) mass is 302 g/mol. The number of hydrogen-bond acceptors (Lipinski definition) is 2. The second kappa shape index (κ2) is 5.36. The topological polar surface area (TPSA) is 33.2 Å². The van der Waals surface area contributed by atoms with Gasteiger partial charge in [-0.15, -0.1) is 0 Å². The number of likely N-dealkylation sites (tertiary alicyclic amines) is 1. The van der Waals surface area contributed by atoms with Crippen molar-refractivity contribution in [2.75, 3.05) is 13.6 Å². The highest BCUT2D eigenvalue weighted by Gasteiger charge is 2.66. The molecule has 1 fully saturated rings. The average Bonchev–Trinajstić information content (AvgIpc) is 2.73. The minimum absolute atomic E-state index is 0.0897. The van der Waals surface area contributed by atoms with E-state index in [-0.39, 0.29) is 22.7 Å². The molecule has 0 aliphatic carbocycles. The highest BCUT2D eigenvalue weighted by molar-refractivity contribution is 5.88. The number of carbonyl (C=O) groups is 1. The summed E-state index contributed by atoms with van der Waals surface area (Å²) in [4.78, 5) is 19.6. The normalized spacial score (nSPS) is 26.6. The van der Waals surface area contributed by atoms with Crippen molar-refractivity contribution < 1.29 is 4.79 Å². The Balaban J connectivity index is 2.74. The van der Waals surface area contributed by atoms with Gasteiger partial charge in [0.05, 0.1) is 5.41 Å². The van der Waals surface area contributed by atoms with Crippen LogP contribution in [0.25, 0.3) is 0 Å². The largest absolute Gasteiger partial charge is 0.345 e. The molecule has 1 saturated heterocycles. The summed E-state index contributed by atoms with van der Waals surface area (Å²) in [7, 11) is 1.94. The zero-order chi connectivity index (χ0) is 16.8. The van der Waals surface area contributed by atoms with E-state index in [1.165, 1.54) is 5.56 Å². The molecule has 0 radical (unpaired) electrons. The molecule has 1 amide bonds. The molecule has 0 N–H and O–H groups in total. The van der Waals surface area contributed by atoms with Crippen LogP contribution in [-0.2, 0) is 4.79 Å². The quantitative estimate of drug-likeness (QED) is 0.842. The number of nitrogens with zero attached hydrogens (tertiary/aromatic N) is 2. The van der Waals surface area contributed by atoms with Crippen molar-refractivity contribution in [3.63, 3.8) is 0 Å². The van der Waals surface area contributed by atoms with Gasteiger partial charge < -0.3 is 4.90 Å². The van der Waals surface area contributed by atoms with Gasteiger partial charge in [-0.3, -0.25) is 9.78 Å². The Labute approximate surface area is 135 Å². The fourth-order valence-corrected chi connectivity index (χ4v) is 4.78. The highest BCUT2D eigenvalue weighted by Crippen LogP contribution is 2.64. The molecule has 0 bridgehead atoms. The van der Waals surface area contributed by atoms with Crippen molar-refractivity contribution in [3.8, 4) is 0 Å². The molecule has 1 aliphatic heterocycles. The number of amides is 1. The van der Waals surface area contributed by atoms with Crippen LogP contribution < -0.4 is 0 Å². The number of hydrogen-bond donors (Lipinski definition) is 0. The lowest BCUT2D eigenvalue weighted by atomic mass is 9.47. The van der Waals surface area contributed by atoms with Crippen LogP contribution in [0.15, 0.2) is 24.5 Å². The summed E-state index contributed by atoms with van der Waals surface area (Å²) in [5.74, 6) is 0.453. The zero-order valence-electron chi connectivity index (χ0n) is 15.1. The van der Waals surface area contributed by atoms with E-state index in [9.17, 15) is 4.79 Å². The number of likely N-dealkylation sites (N-methyl/N-ethyl adjacent to an activating group) is 1. The van der Waals surface area contributed by atoms with E-state index in [4.69, 9.17) is 0 Å². The standard InChI is InChI=1S/C19H30N2O/c1-8-18(5,6)19(17(2,3)4)15(13-21(7)16(19)22)14-10-9-11-20-12-14/h9-12,15H,8,13H2,1-7H3/t15-,19-/m0/s1. The number of pyridine rings is 1. The summed E-state index contributed by atoms with van der Waals surface area (Å²) in [5.41, 5.74) is 0.534. The maximum absolute atomic E-state index is 13.4. The van der Waals surface area contributed by atoms with Crippen molar-refractivity contribution in [2.45, 2.75) is 53.9 Å². The highest BCUT2D eigenvalue weighted by atomic mass is 16.2. The van der Waals surface area contributed by atoms with Gasteiger partial charge >= 0.3 is 0 Å². The third-order valence-electron chi connectivity index (χ3n) is 5.88. The first-order valence-electron chi connectivity index (χ1n) is 8.25.